The molecule has 0 spiro atoms. The maximum atomic E-state index is 12.0. The van der Waals surface area contributed by atoms with Crippen molar-refractivity contribution in [2.24, 2.45) is 0 Å². The second kappa shape index (κ2) is 5.90. The minimum absolute atomic E-state index is 0.106. The highest BCUT2D eigenvalue weighted by Gasteiger charge is 2.24. The van der Waals surface area contributed by atoms with Gasteiger partial charge in [-0.25, -0.2) is 13.1 Å². The fraction of sp³-hybridized carbons (Fsp3) is 0.364. The van der Waals surface area contributed by atoms with Gasteiger partial charge in [0.1, 0.15) is 0 Å². The summed E-state index contributed by atoms with van der Waals surface area (Å²) in [4.78, 5) is 11.6. The number of rotatable bonds is 5. The van der Waals surface area contributed by atoms with Crippen LogP contribution in [0, 0.1) is 0 Å². The van der Waals surface area contributed by atoms with Crippen molar-refractivity contribution in [3.63, 3.8) is 0 Å². The lowest BCUT2D eigenvalue weighted by atomic mass is 10.4. The van der Waals surface area contributed by atoms with E-state index in [4.69, 9.17) is 0 Å². The summed E-state index contributed by atoms with van der Waals surface area (Å²) < 4.78 is 27.6. The molecule has 104 valence electrons. The molecule has 5 nitrogen and oxygen atoms in total. The fourth-order valence-corrected chi connectivity index (χ4v) is 4.16. The van der Waals surface area contributed by atoms with Gasteiger partial charge in [0.05, 0.1) is 11.4 Å². The van der Waals surface area contributed by atoms with Crippen molar-refractivity contribution >= 4 is 47.8 Å². The van der Waals surface area contributed by atoms with Crippen molar-refractivity contribution in [2.75, 3.05) is 6.54 Å². The molecular formula is C11H12Br2N2O3S. The molecule has 0 radical (unpaired) electrons. The van der Waals surface area contributed by atoms with Crippen LogP contribution in [0.2, 0.25) is 0 Å². The van der Waals surface area contributed by atoms with Crippen LogP contribution >= 0.6 is 31.9 Å². The molecule has 0 aromatic heterocycles. The standard InChI is InChI=1S/C11H12Br2N2O3S/c12-7-1-4-10(9(13)5-7)19(17,18)14-6-11(16)15-8-2-3-8/h1,4-5,8,14H,2-3,6H2,(H,15,16). The van der Waals surface area contributed by atoms with E-state index in [1.54, 1.807) is 12.1 Å². The number of carbonyl (C=O) groups is 1. The van der Waals surface area contributed by atoms with Crippen LogP contribution in [0.3, 0.4) is 0 Å². The first kappa shape index (κ1) is 15.0. The summed E-state index contributed by atoms with van der Waals surface area (Å²) in [6.07, 6.45) is 1.94. The van der Waals surface area contributed by atoms with Crippen molar-refractivity contribution in [1.29, 1.82) is 0 Å². The molecule has 1 aliphatic rings. The lowest BCUT2D eigenvalue weighted by Gasteiger charge is -2.09. The average molecular weight is 412 g/mol. The number of sulfonamides is 1. The summed E-state index contributed by atoms with van der Waals surface area (Å²) >= 11 is 6.44. The van der Waals surface area contributed by atoms with Crippen LogP contribution in [0.15, 0.2) is 32.0 Å². The van der Waals surface area contributed by atoms with E-state index in [0.717, 1.165) is 17.3 Å². The van der Waals surface area contributed by atoms with Crippen molar-refractivity contribution in [2.45, 2.75) is 23.8 Å². The topological polar surface area (TPSA) is 75.3 Å². The van der Waals surface area contributed by atoms with Gasteiger partial charge in [-0.3, -0.25) is 4.79 Å². The molecule has 1 saturated carbocycles. The highest BCUT2D eigenvalue weighted by atomic mass is 79.9. The quantitative estimate of drug-likeness (QED) is 0.775. The SMILES string of the molecule is O=C(CNS(=O)(=O)c1ccc(Br)cc1Br)NC1CC1. The summed E-state index contributed by atoms with van der Waals surface area (Å²) in [5.41, 5.74) is 0. The third-order valence-corrected chi connectivity index (χ3v) is 5.42. The van der Waals surface area contributed by atoms with Crippen molar-refractivity contribution in [3.05, 3.63) is 27.1 Å². The van der Waals surface area contributed by atoms with Crippen LogP contribution in [-0.4, -0.2) is 26.9 Å². The first-order chi connectivity index (χ1) is 8.88. The normalized spacial score (nSPS) is 15.3. The number of amides is 1. The highest BCUT2D eigenvalue weighted by molar-refractivity contribution is 9.11. The van der Waals surface area contributed by atoms with Gasteiger partial charge in [-0.05, 0) is 47.0 Å². The van der Waals surface area contributed by atoms with E-state index in [1.165, 1.54) is 6.07 Å². The molecule has 2 N–H and O–H groups in total. The number of hydrogen-bond acceptors (Lipinski definition) is 3. The Kier molecular flexibility index (Phi) is 4.65. The Hall–Kier alpha value is -0.440. The zero-order chi connectivity index (χ0) is 14.0. The first-order valence-corrected chi connectivity index (χ1v) is 8.69. The Labute approximate surface area is 128 Å². The number of halogens is 2. The van der Waals surface area contributed by atoms with Gasteiger partial charge in [-0.15, -0.1) is 0 Å². The summed E-state index contributed by atoms with van der Waals surface area (Å²) in [7, 11) is -3.70. The number of carbonyl (C=O) groups excluding carboxylic acids is 1. The van der Waals surface area contributed by atoms with Crippen LogP contribution < -0.4 is 10.0 Å². The molecule has 0 atom stereocenters. The van der Waals surface area contributed by atoms with Crippen molar-refractivity contribution in [1.82, 2.24) is 10.0 Å². The maximum absolute atomic E-state index is 12.0. The van der Waals surface area contributed by atoms with Crippen LogP contribution in [0.25, 0.3) is 0 Å². The maximum Gasteiger partial charge on any atom is 0.242 e. The molecule has 1 fully saturated rings. The highest BCUT2D eigenvalue weighted by Crippen LogP contribution is 2.25. The Balaban J connectivity index is 2.02. The zero-order valence-corrected chi connectivity index (χ0v) is 13.8. The molecule has 8 heteroatoms. The third-order valence-electron chi connectivity index (χ3n) is 2.55. The van der Waals surface area contributed by atoms with Gasteiger partial charge in [-0.2, -0.15) is 0 Å². The largest absolute Gasteiger partial charge is 0.352 e. The molecule has 1 aromatic rings. The molecule has 0 heterocycles. The molecule has 1 aromatic carbocycles. The third kappa shape index (κ3) is 4.27. The van der Waals surface area contributed by atoms with E-state index >= 15 is 0 Å². The van der Waals surface area contributed by atoms with Gasteiger partial charge < -0.3 is 5.32 Å². The van der Waals surface area contributed by atoms with E-state index in [-0.39, 0.29) is 23.4 Å². The van der Waals surface area contributed by atoms with Crippen LogP contribution in [-0.2, 0) is 14.8 Å². The Morgan fingerprint density at radius 2 is 2.00 bits per heavy atom. The molecule has 1 amide bonds. The molecule has 2 rings (SSSR count). The van der Waals surface area contributed by atoms with Gasteiger partial charge in [0, 0.05) is 15.0 Å². The lowest BCUT2D eigenvalue weighted by molar-refractivity contribution is -0.120. The van der Waals surface area contributed by atoms with Gasteiger partial charge in [-0.1, -0.05) is 15.9 Å². The van der Waals surface area contributed by atoms with Crippen LogP contribution in [0.5, 0.6) is 0 Å². The predicted octanol–water partition coefficient (Wildman–Crippen LogP) is 1.77. The van der Waals surface area contributed by atoms with Crippen molar-refractivity contribution in [3.8, 4) is 0 Å². The molecule has 19 heavy (non-hydrogen) atoms. The molecule has 1 aliphatic carbocycles. The van der Waals surface area contributed by atoms with E-state index in [0.29, 0.717) is 4.47 Å². The first-order valence-electron chi connectivity index (χ1n) is 5.62. The monoisotopic (exact) mass is 410 g/mol. The van der Waals surface area contributed by atoms with Crippen molar-refractivity contribution < 1.29 is 13.2 Å². The lowest BCUT2D eigenvalue weighted by Crippen LogP contribution is -2.37. The fourth-order valence-electron chi connectivity index (χ4n) is 1.44. The molecule has 0 aliphatic heterocycles. The van der Waals surface area contributed by atoms with Crippen LogP contribution in [0.4, 0.5) is 0 Å². The smallest absolute Gasteiger partial charge is 0.242 e. The molecule has 0 unspecified atom stereocenters. The Bertz CT molecular complexity index is 600. The van der Waals surface area contributed by atoms with Gasteiger partial charge in [0.25, 0.3) is 0 Å². The average Bonchev–Trinajstić information content (AvgIpc) is 3.10. The van der Waals surface area contributed by atoms with E-state index < -0.39 is 10.0 Å². The summed E-state index contributed by atoms with van der Waals surface area (Å²) in [6.45, 7) is -0.249. The van der Waals surface area contributed by atoms with Gasteiger partial charge >= 0.3 is 0 Å². The number of nitrogens with one attached hydrogen (secondary N) is 2. The van der Waals surface area contributed by atoms with E-state index in [9.17, 15) is 13.2 Å². The van der Waals surface area contributed by atoms with Crippen LogP contribution in [0.1, 0.15) is 12.8 Å². The minimum atomic E-state index is -3.70. The summed E-state index contributed by atoms with van der Waals surface area (Å²) in [5.74, 6) is -0.306. The van der Waals surface area contributed by atoms with E-state index in [2.05, 4.69) is 41.9 Å². The second-order valence-electron chi connectivity index (χ2n) is 4.24. The van der Waals surface area contributed by atoms with Gasteiger partial charge in [0.15, 0.2) is 0 Å². The summed E-state index contributed by atoms with van der Waals surface area (Å²) in [6, 6.07) is 4.95. The van der Waals surface area contributed by atoms with E-state index in [1.807, 2.05) is 0 Å². The predicted molar refractivity (Wildman–Crippen MR) is 78.2 cm³/mol. The molecule has 0 saturated heterocycles. The number of hydrogen-bond donors (Lipinski definition) is 2. The zero-order valence-electron chi connectivity index (χ0n) is 9.82. The van der Waals surface area contributed by atoms with Gasteiger partial charge in [0.2, 0.25) is 15.9 Å². The number of benzene rings is 1. The second-order valence-corrected chi connectivity index (χ2v) is 7.75. The Morgan fingerprint density at radius 1 is 1.32 bits per heavy atom. The minimum Gasteiger partial charge on any atom is -0.352 e. The molecule has 0 bridgehead atoms. The molecular weight excluding hydrogens is 400 g/mol. The Morgan fingerprint density at radius 3 is 2.58 bits per heavy atom. The summed E-state index contributed by atoms with van der Waals surface area (Å²) in [5, 5.41) is 2.72.